The molecular weight excluding hydrogens is 306 g/mol. The van der Waals surface area contributed by atoms with Crippen LogP contribution in [-0.4, -0.2) is 34.9 Å². The van der Waals surface area contributed by atoms with Gasteiger partial charge in [0.05, 0.1) is 12.1 Å². The fourth-order valence-electron chi connectivity index (χ4n) is 3.07. The molecule has 0 radical (unpaired) electrons. The highest BCUT2D eigenvalue weighted by atomic mass is 32.1. The first-order valence-corrected chi connectivity index (χ1v) is 9.12. The molecule has 0 aliphatic carbocycles. The molecule has 1 aromatic carbocycles. The van der Waals surface area contributed by atoms with Gasteiger partial charge in [0.1, 0.15) is 5.01 Å². The molecule has 1 aromatic heterocycles. The minimum atomic E-state index is 0.149. The lowest BCUT2D eigenvalue weighted by Gasteiger charge is -2.23. The summed E-state index contributed by atoms with van der Waals surface area (Å²) in [7, 11) is 0. The van der Waals surface area contributed by atoms with Gasteiger partial charge >= 0.3 is 0 Å². The van der Waals surface area contributed by atoms with Crippen molar-refractivity contribution in [3.05, 3.63) is 40.9 Å². The third-order valence-corrected chi connectivity index (χ3v) is 5.40. The van der Waals surface area contributed by atoms with Gasteiger partial charge in [-0.1, -0.05) is 31.2 Å². The van der Waals surface area contributed by atoms with Gasteiger partial charge in [0, 0.05) is 30.1 Å². The van der Waals surface area contributed by atoms with Crippen LogP contribution < -0.4 is 5.73 Å². The average Bonchev–Trinajstić information content (AvgIpc) is 3.23. The molecule has 4 nitrogen and oxygen atoms in total. The van der Waals surface area contributed by atoms with Gasteiger partial charge < -0.3 is 10.6 Å². The summed E-state index contributed by atoms with van der Waals surface area (Å²) >= 11 is 1.60. The average molecular weight is 329 g/mol. The Morgan fingerprint density at radius 2 is 2.17 bits per heavy atom. The van der Waals surface area contributed by atoms with Crippen molar-refractivity contribution < 1.29 is 4.79 Å². The predicted molar refractivity (Wildman–Crippen MR) is 94.4 cm³/mol. The van der Waals surface area contributed by atoms with Crippen LogP contribution in [0.3, 0.4) is 0 Å². The molecule has 2 aromatic rings. The van der Waals surface area contributed by atoms with Crippen LogP contribution in [0.2, 0.25) is 0 Å². The molecule has 2 heterocycles. The lowest BCUT2D eigenvalue weighted by molar-refractivity contribution is -0.131. The molecule has 1 aliphatic rings. The molecule has 0 bridgehead atoms. The van der Waals surface area contributed by atoms with Crippen LogP contribution in [0.5, 0.6) is 0 Å². The van der Waals surface area contributed by atoms with E-state index in [1.807, 2.05) is 10.3 Å². The number of carbonyl (C=O) groups is 1. The van der Waals surface area contributed by atoms with E-state index in [9.17, 15) is 4.79 Å². The minimum absolute atomic E-state index is 0.149. The number of rotatable bonds is 5. The molecule has 1 amide bonds. The number of likely N-dealkylation sites (tertiary alicyclic amines) is 1. The van der Waals surface area contributed by atoms with Crippen molar-refractivity contribution in [2.75, 3.05) is 13.1 Å². The van der Waals surface area contributed by atoms with Crippen LogP contribution in [0.1, 0.15) is 31.0 Å². The highest BCUT2D eigenvalue weighted by molar-refractivity contribution is 7.13. The number of carbonyl (C=O) groups excluding carboxylic acids is 1. The van der Waals surface area contributed by atoms with Gasteiger partial charge in [0.25, 0.3) is 0 Å². The second-order valence-electron chi connectivity index (χ2n) is 5.99. The van der Waals surface area contributed by atoms with E-state index in [0.29, 0.717) is 13.0 Å². The molecule has 2 N–H and O–H groups in total. The number of aryl methyl sites for hydroxylation is 1. The van der Waals surface area contributed by atoms with E-state index in [-0.39, 0.29) is 11.9 Å². The highest BCUT2D eigenvalue weighted by Crippen LogP contribution is 2.25. The van der Waals surface area contributed by atoms with Crippen LogP contribution in [0.25, 0.3) is 10.6 Å². The van der Waals surface area contributed by atoms with Gasteiger partial charge in [-0.05, 0) is 24.8 Å². The van der Waals surface area contributed by atoms with E-state index in [2.05, 4.69) is 36.2 Å². The van der Waals surface area contributed by atoms with Gasteiger partial charge in [-0.25, -0.2) is 4.98 Å². The summed E-state index contributed by atoms with van der Waals surface area (Å²) in [6.45, 7) is 3.53. The second kappa shape index (κ2) is 7.23. The molecular formula is C18H23N3OS. The number of hydrogen-bond acceptors (Lipinski definition) is 4. The third-order valence-electron chi connectivity index (χ3n) is 4.46. The molecule has 1 atom stereocenters. The Balaban J connectivity index is 1.68. The van der Waals surface area contributed by atoms with Crippen LogP contribution in [0.4, 0.5) is 0 Å². The Labute approximate surface area is 141 Å². The molecule has 0 spiro atoms. The maximum atomic E-state index is 12.4. The zero-order valence-corrected chi connectivity index (χ0v) is 14.3. The standard InChI is InChI=1S/C18H23N3OS/c1-2-13-5-7-14(8-6-13)18-20-15(12-23-18)10-17(22)21-9-3-4-16(21)11-19/h5-8,12,16H,2-4,9-11,19H2,1H3. The van der Waals surface area contributed by atoms with Crippen molar-refractivity contribution in [2.24, 2.45) is 5.73 Å². The Morgan fingerprint density at radius 1 is 1.39 bits per heavy atom. The molecule has 0 saturated carbocycles. The van der Waals surface area contributed by atoms with Crippen molar-refractivity contribution in [1.82, 2.24) is 9.88 Å². The first-order chi connectivity index (χ1) is 11.2. The second-order valence-corrected chi connectivity index (χ2v) is 6.85. The van der Waals surface area contributed by atoms with E-state index >= 15 is 0 Å². The Kier molecular flexibility index (Phi) is 5.08. The fraction of sp³-hybridized carbons (Fsp3) is 0.444. The van der Waals surface area contributed by atoms with Crippen molar-refractivity contribution in [2.45, 2.75) is 38.6 Å². The van der Waals surface area contributed by atoms with Crippen molar-refractivity contribution in [1.29, 1.82) is 0 Å². The number of aromatic nitrogens is 1. The number of amides is 1. The van der Waals surface area contributed by atoms with E-state index in [1.165, 1.54) is 5.56 Å². The number of nitrogens with zero attached hydrogens (tertiary/aromatic N) is 2. The largest absolute Gasteiger partial charge is 0.338 e. The predicted octanol–water partition coefficient (Wildman–Crippen LogP) is 2.86. The summed E-state index contributed by atoms with van der Waals surface area (Å²) in [5.74, 6) is 0.149. The molecule has 23 heavy (non-hydrogen) atoms. The van der Waals surface area contributed by atoms with E-state index in [4.69, 9.17) is 5.73 Å². The summed E-state index contributed by atoms with van der Waals surface area (Å²) in [5, 5.41) is 2.97. The topological polar surface area (TPSA) is 59.2 Å². The monoisotopic (exact) mass is 329 g/mol. The smallest absolute Gasteiger partial charge is 0.228 e. The normalized spacial score (nSPS) is 17.7. The van der Waals surface area contributed by atoms with E-state index < -0.39 is 0 Å². The summed E-state index contributed by atoms with van der Waals surface area (Å²) in [5.41, 5.74) is 9.05. The summed E-state index contributed by atoms with van der Waals surface area (Å²) in [6, 6.07) is 8.69. The van der Waals surface area contributed by atoms with Crippen LogP contribution in [0, 0.1) is 0 Å². The molecule has 1 saturated heterocycles. The summed E-state index contributed by atoms with van der Waals surface area (Å²) in [6.07, 6.45) is 3.49. The Hall–Kier alpha value is -1.72. The van der Waals surface area contributed by atoms with Crippen molar-refractivity contribution in [3.8, 4) is 10.6 Å². The van der Waals surface area contributed by atoms with Crippen molar-refractivity contribution in [3.63, 3.8) is 0 Å². The molecule has 1 aliphatic heterocycles. The van der Waals surface area contributed by atoms with Crippen LogP contribution in [-0.2, 0) is 17.6 Å². The van der Waals surface area contributed by atoms with Gasteiger partial charge in [-0.15, -0.1) is 11.3 Å². The number of thiazole rings is 1. The van der Waals surface area contributed by atoms with Gasteiger partial charge in [-0.2, -0.15) is 0 Å². The molecule has 3 rings (SSSR count). The highest BCUT2D eigenvalue weighted by Gasteiger charge is 2.27. The Morgan fingerprint density at radius 3 is 2.87 bits per heavy atom. The van der Waals surface area contributed by atoms with Crippen LogP contribution in [0.15, 0.2) is 29.6 Å². The number of benzene rings is 1. The van der Waals surface area contributed by atoms with Gasteiger partial charge in [0.2, 0.25) is 5.91 Å². The quantitative estimate of drug-likeness (QED) is 0.917. The third kappa shape index (κ3) is 3.62. The van der Waals surface area contributed by atoms with E-state index in [0.717, 1.165) is 42.1 Å². The number of nitrogens with two attached hydrogens (primary N) is 1. The SMILES string of the molecule is CCc1ccc(-c2nc(CC(=O)N3CCCC3CN)cs2)cc1. The Bertz CT molecular complexity index is 665. The van der Waals surface area contributed by atoms with Crippen LogP contribution >= 0.6 is 11.3 Å². The summed E-state index contributed by atoms with van der Waals surface area (Å²) in [4.78, 5) is 19.0. The zero-order chi connectivity index (χ0) is 16.2. The number of hydrogen-bond donors (Lipinski definition) is 1. The fourth-order valence-corrected chi connectivity index (χ4v) is 3.90. The molecule has 122 valence electrons. The molecule has 5 heteroatoms. The van der Waals surface area contributed by atoms with Crippen molar-refractivity contribution >= 4 is 17.2 Å². The van der Waals surface area contributed by atoms with Gasteiger partial charge in [0.15, 0.2) is 0 Å². The maximum absolute atomic E-state index is 12.4. The molecule has 1 unspecified atom stereocenters. The zero-order valence-electron chi connectivity index (χ0n) is 13.5. The molecule has 1 fully saturated rings. The lowest BCUT2D eigenvalue weighted by Crippen LogP contribution is -2.40. The van der Waals surface area contributed by atoms with E-state index in [1.54, 1.807) is 11.3 Å². The first kappa shape index (κ1) is 16.1. The van der Waals surface area contributed by atoms with Gasteiger partial charge in [-0.3, -0.25) is 4.79 Å². The summed E-state index contributed by atoms with van der Waals surface area (Å²) < 4.78 is 0. The lowest BCUT2D eigenvalue weighted by atomic mass is 10.1. The minimum Gasteiger partial charge on any atom is -0.338 e. The first-order valence-electron chi connectivity index (χ1n) is 8.24. The maximum Gasteiger partial charge on any atom is 0.228 e.